The minimum Gasteiger partial charge on any atom is -0.368 e. The molecule has 0 radical (unpaired) electrons. The van der Waals surface area contributed by atoms with E-state index in [2.05, 4.69) is 43.1 Å². The van der Waals surface area contributed by atoms with Crippen molar-refractivity contribution < 1.29 is 9.59 Å². The third-order valence-corrected chi connectivity index (χ3v) is 7.07. The van der Waals surface area contributed by atoms with Crippen LogP contribution in [0.5, 0.6) is 0 Å². The lowest BCUT2D eigenvalue weighted by Gasteiger charge is -2.36. The second-order valence-corrected chi connectivity index (χ2v) is 10.7. The van der Waals surface area contributed by atoms with Crippen LogP contribution in [0.4, 0.5) is 11.4 Å². The average Bonchev–Trinajstić information content (AvgIpc) is 2.92. The summed E-state index contributed by atoms with van der Waals surface area (Å²) in [6.45, 7) is 9.43. The molecule has 1 aliphatic rings. The van der Waals surface area contributed by atoms with Gasteiger partial charge in [-0.3, -0.25) is 9.59 Å². The third kappa shape index (κ3) is 5.51. The average molecular weight is 492 g/mol. The monoisotopic (exact) mass is 491 g/mol. The Morgan fingerprint density at radius 3 is 1.97 bits per heavy atom. The molecule has 1 heterocycles. The second-order valence-electron chi connectivity index (χ2n) is 10.7. The van der Waals surface area contributed by atoms with E-state index in [1.807, 2.05) is 83.8 Å². The maximum atomic E-state index is 13.0. The number of nitrogens with zero attached hydrogens (tertiary/aromatic N) is 2. The van der Waals surface area contributed by atoms with Gasteiger partial charge in [0, 0.05) is 48.7 Å². The molecule has 188 valence electrons. The van der Waals surface area contributed by atoms with E-state index in [0.717, 1.165) is 40.8 Å². The van der Waals surface area contributed by atoms with Crippen LogP contribution >= 0.6 is 0 Å². The number of benzene rings is 4. The van der Waals surface area contributed by atoms with Crippen LogP contribution in [0.1, 0.15) is 47.1 Å². The highest BCUT2D eigenvalue weighted by atomic mass is 16.2. The molecular formula is C32H33N3O2. The first-order valence-corrected chi connectivity index (χ1v) is 12.8. The van der Waals surface area contributed by atoms with Gasteiger partial charge in [-0.1, -0.05) is 63.2 Å². The Labute approximate surface area is 218 Å². The van der Waals surface area contributed by atoms with Crippen LogP contribution in [0, 0.1) is 0 Å². The van der Waals surface area contributed by atoms with Crippen LogP contribution in [-0.4, -0.2) is 42.9 Å². The van der Waals surface area contributed by atoms with Crippen molar-refractivity contribution in [1.29, 1.82) is 0 Å². The van der Waals surface area contributed by atoms with Crippen LogP contribution in [-0.2, 0) is 5.41 Å². The normalized spacial score (nSPS) is 14.0. The first kappa shape index (κ1) is 24.6. The van der Waals surface area contributed by atoms with Gasteiger partial charge < -0.3 is 15.1 Å². The summed E-state index contributed by atoms with van der Waals surface area (Å²) in [6.07, 6.45) is 0. The summed E-state index contributed by atoms with van der Waals surface area (Å²) in [6, 6.07) is 29.7. The van der Waals surface area contributed by atoms with E-state index in [1.54, 1.807) is 0 Å². The zero-order valence-electron chi connectivity index (χ0n) is 21.7. The Morgan fingerprint density at radius 2 is 1.32 bits per heavy atom. The van der Waals surface area contributed by atoms with Crippen LogP contribution in [0.25, 0.3) is 10.8 Å². The van der Waals surface area contributed by atoms with Crippen molar-refractivity contribution in [2.45, 2.75) is 26.2 Å². The lowest BCUT2D eigenvalue weighted by Crippen LogP contribution is -2.48. The second kappa shape index (κ2) is 10.1. The van der Waals surface area contributed by atoms with E-state index in [4.69, 9.17) is 0 Å². The number of fused-ring (bicyclic) bond motifs is 1. The Bertz CT molecular complexity index is 1410. The Kier molecular flexibility index (Phi) is 6.70. The van der Waals surface area contributed by atoms with Crippen molar-refractivity contribution in [3.63, 3.8) is 0 Å². The molecule has 4 aromatic rings. The van der Waals surface area contributed by atoms with E-state index in [9.17, 15) is 9.59 Å². The highest BCUT2D eigenvalue weighted by Gasteiger charge is 2.23. The largest absolute Gasteiger partial charge is 0.368 e. The summed E-state index contributed by atoms with van der Waals surface area (Å²) in [7, 11) is 0. The molecular weight excluding hydrogens is 458 g/mol. The summed E-state index contributed by atoms with van der Waals surface area (Å²) >= 11 is 0. The maximum absolute atomic E-state index is 13.0. The molecule has 0 atom stereocenters. The number of amides is 2. The zero-order chi connectivity index (χ0) is 26.0. The number of hydrogen-bond donors (Lipinski definition) is 1. The minimum absolute atomic E-state index is 0.0714. The maximum Gasteiger partial charge on any atom is 0.255 e. The van der Waals surface area contributed by atoms with Crippen LogP contribution in [0.3, 0.4) is 0 Å². The highest BCUT2D eigenvalue weighted by Crippen LogP contribution is 2.24. The van der Waals surface area contributed by atoms with Gasteiger partial charge >= 0.3 is 0 Å². The molecule has 1 aliphatic heterocycles. The Morgan fingerprint density at radius 1 is 0.703 bits per heavy atom. The number of hydrogen-bond acceptors (Lipinski definition) is 3. The summed E-state index contributed by atoms with van der Waals surface area (Å²) < 4.78 is 0. The lowest BCUT2D eigenvalue weighted by molar-refractivity contribution is 0.0746. The van der Waals surface area contributed by atoms with Gasteiger partial charge in [-0.2, -0.15) is 0 Å². The smallest absolute Gasteiger partial charge is 0.255 e. The standard InChI is InChI=1S/C32H33N3O2/c1-32(2,3)27-12-10-24(11-13-27)31(37)35-20-18-34(19-21-35)29-16-14-28(15-17-29)33-30(36)26-9-8-23-6-4-5-7-25(23)22-26/h4-17,22H,18-21H2,1-3H3,(H,33,36). The number of piperazine rings is 1. The van der Waals surface area contributed by atoms with E-state index in [-0.39, 0.29) is 17.2 Å². The van der Waals surface area contributed by atoms with E-state index >= 15 is 0 Å². The fourth-order valence-corrected chi connectivity index (χ4v) is 4.75. The summed E-state index contributed by atoms with van der Waals surface area (Å²) in [5.41, 5.74) is 4.53. The first-order chi connectivity index (χ1) is 17.8. The molecule has 5 rings (SSSR count). The van der Waals surface area contributed by atoms with Crippen molar-refractivity contribution in [2.75, 3.05) is 36.4 Å². The number of rotatable bonds is 4. The molecule has 0 unspecified atom stereocenters. The molecule has 0 spiro atoms. The Hall–Kier alpha value is -4.12. The van der Waals surface area contributed by atoms with Crippen molar-refractivity contribution in [3.8, 4) is 0 Å². The van der Waals surface area contributed by atoms with Gasteiger partial charge in [-0.15, -0.1) is 0 Å². The van der Waals surface area contributed by atoms with Gasteiger partial charge in [-0.05, 0) is 70.3 Å². The van der Waals surface area contributed by atoms with E-state index < -0.39 is 0 Å². The van der Waals surface area contributed by atoms with Gasteiger partial charge in [0.2, 0.25) is 0 Å². The van der Waals surface area contributed by atoms with Crippen LogP contribution in [0.15, 0.2) is 91.0 Å². The van der Waals surface area contributed by atoms with Gasteiger partial charge in [0.1, 0.15) is 0 Å². The predicted octanol–water partition coefficient (Wildman–Crippen LogP) is 6.35. The summed E-state index contributed by atoms with van der Waals surface area (Å²) in [5, 5.41) is 5.16. The molecule has 1 fully saturated rings. The molecule has 2 amide bonds. The molecule has 5 nitrogen and oxygen atoms in total. The number of carbonyl (C=O) groups excluding carboxylic acids is 2. The SMILES string of the molecule is CC(C)(C)c1ccc(C(=O)N2CCN(c3ccc(NC(=O)c4ccc5ccccc5c4)cc3)CC2)cc1. The molecule has 0 saturated carbocycles. The lowest BCUT2D eigenvalue weighted by atomic mass is 9.86. The molecule has 37 heavy (non-hydrogen) atoms. The van der Waals surface area contributed by atoms with Gasteiger partial charge in [0.15, 0.2) is 0 Å². The predicted molar refractivity (Wildman–Crippen MR) is 152 cm³/mol. The fraction of sp³-hybridized carbons (Fsp3) is 0.250. The minimum atomic E-state index is -0.124. The topological polar surface area (TPSA) is 52.7 Å². The first-order valence-electron chi connectivity index (χ1n) is 12.8. The molecule has 0 aromatic heterocycles. The molecule has 1 saturated heterocycles. The third-order valence-electron chi connectivity index (χ3n) is 7.07. The van der Waals surface area contributed by atoms with Crippen LogP contribution < -0.4 is 10.2 Å². The number of nitrogens with one attached hydrogen (secondary N) is 1. The van der Waals surface area contributed by atoms with Crippen molar-refractivity contribution >= 4 is 34.0 Å². The van der Waals surface area contributed by atoms with Crippen molar-refractivity contribution in [1.82, 2.24) is 4.90 Å². The van der Waals surface area contributed by atoms with E-state index in [0.29, 0.717) is 18.7 Å². The molecule has 0 aliphatic carbocycles. The molecule has 4 aromatic carbocycles. The summed E-state index contributed by atoms with van der Waals surface area (Å²) in [5.74, 6) is -0.0342. The molecule has 5 heteroatoms. The van der Waals surface area contributed by atoms with E-state index in [1.165, 1.54) is 5.56 Å². The van der Waals surface area contributed by atoms with Gasteiger partial charge in [0.25, 0.3) is 11.8 Å². The molecule has 1 N–H and O–H groups in total. The Balaban J connectivity index is 1.17. The number of carbonyl (C=O) groups is 2. The van der Waals surface area contributed by atoms with Crippen molar-refractivity contribution in [3.05, 3.63) is 108 Å². The van der Waals surface area contributed by atoms with Crippen molar-refractivity contribution in [2.24, 2.45) is 0 Å². The van der Waals surface area contributed by atoms with Gasteiger partial charge in [-0.25, -0.2) is 0 Å². The number of anilines is 2. The highest BCUT2D eigenvalue weighted by molar-refractivity contribution is 6.06. The van der Waals surface area contributed by atoms with Gasteiger partial charge in [0.05, 0.1) is 0 Å². The summed E-state index contributed by atoms with van der Waals surface area (Å²) in [4.78, 5) is 30.0. The zero-order valence-corrected chi connectivity index (χ0v) is 21.7. The quantitative estimate of drug-likeness (QED) is 0.362. The van der Waals surface area contributed by atoms with Crippen LogP contribution in [0.2, 0.25) is 0 Å². The molecule has 0 bridgehead atoms. The fourth-order valence-electron chi connectivity index (χ4n) is 4.75.